The third kappa shape index (κ3) is 9.88. The molecule has 13 heteroatoms. The molecule has 0 spiro atoms. The van der Waals surface area contributed by atoms with Gasteiger partial charge in [-0.15, -0.1) is 0 Å². The van der Waals surface area contributed by atoms with Crippen LogP contribution in [0.4, 0.5) is 10.5 Å². The van der Waals surface area contributed by atoms with Gasteiger partial charge in [-0.1, -0.05) is 97.1 Å². The first-order valence-electron chi connectivity index (χ1n) is 20.3. The number of carbonyl (C=O) groups excluding carboxylic acids is 4. The number of ether oxygens (including phenoxy) is 2. The van der Waals surface area contributed by atoms with E-state index in [1.54, 1.807) is 45.0 Å². The highest BCUT2D eigenvalue weighted by Gasteiger charge is 2.40. The van der Waals surface area contributed by atoms with E-state index in [4.69, 9.17) is 14.5 Å². The van der Waals surface area contributed by atoms with Crippen LogP contribution in [0.3, 0.4) is 0 Å². The van der Waals surface area contributed by atoms with Gasteiger partial charge >= 0.3 is 6.09 Å². The Bertz CT molecular complexity index is 2120. The summed E-state index contributed by atoms with van der Waals surface area (Å²) in [6.07, 6.45) is 0.939. The van der Waals surface area contributed by atoms with Crippen molar-refractivity contribution in [1.29, 1.82) is 0 Å². The van der Waals surface area contributed by atoms with Crippen LogP contribution in [-0.4, -0.2) is 103 Å². The topological polar surface area (TPSA) is 154 Å². The minimum atomic E-state index is -1.06. The third-order valence-electron chi connectivity index (χ3n) is 10.8. The molecule has 0 bridgehead atoms. The normalized spacial score (nSPS) is 20.3. The van der Waals surface area contributed by atoms with Crippen LogP contribution < -0.4 is 21.3 Å². The predicted molar refractivity (Wildman–Crippen MR) is 227 cm³/mol. The minimum Gasteiger partial charge on any atom is -0.444 e. The van der Waals surface area contributed by atoms with Gasteiger partial charge in [-0.25, -0.2) is 4.79 Å². The molecular weight excluding hydrogens is 747 g/mol. The minimum absolute atomic E-state index is 0.0135. The van der Waals surface area contributed by atoms with Crippen molar-refractivity contribution >= 4 is 35.2 Å². The molecule has 59 heavy (non-hydrogen) atoms. The van der Waals surface area contributed by atoms with Crippen molar-refractivity contribution in [2.45, 2.75) is 69.5 Å². The van der Waals surface area contributed by atoms with E-state index in [9.17, 15) is 19.2 Å². The summed E-state index contributed by atoms with van der Waals surface area (Å²) in [6.45, 7) is 7.03. The van der Waals surface area contributed by atoms with Gasteiger partial charge in [-0.3, -0.25) is 24.7 Å². The molecule has 3 heterocycles. The summed E-state index contributed by atoms with van der Waals surface area (Å²) in [5, 5.41) is 12.4. The van der Waals surface area contributed by atoms with Crippen molar-refractivity contribution in [1.82, 2.24) is 25.8 Å². The lowest BCUT2D eigenvalue weighted by Crippen LogP contribution is -2.57. The Labute approximate surface area is 345 Å². The van der Waals surface area contributed by atoms with Gasteiger partial charge < -0.3 is 35.2 Å². The zero-order valence-corrected chi connectivity index (χ0v) is 34.0. The second-order valence-corrected chi connectivity index (χ2v) is 16.0. The summed E-state index contributed by atoms with van der Waals surface area (Å²) < 4.78 is 11.1. The number of hydrogen-bond acceptors (Lipinski definition) is 9. The molecule has 0 radical (unpaired) electrons. The Hall–Kier alpha value is -5.89. The highest BCUT2D eigenvalue weighted by atomic mass is 16.6. The van der Waals surface area contributed by atoms with E-state index in [1.807, 2.05) is 72.6 Å². The van der Waals surface area contributed by atoms with Crippen LogP contribution in [0.5, 0.6) is 0 Å². The van der Waals surface area contributed by atoms with Gasteiger partial charge in [-0.2, -0.15) is 0 Å². The molecule has 3 aliphatic heterocycles. The average molecular weight is 800 g/mol. The van der Waals surface area contributed by atoms with Gasteiger partial charge in [0.2, 0.25) is 11.8 Å². The van der Waals surface area contributed by atoms with Crippen molar-refractivity contribution in [2.75, 3.05) is 45.2 Å². The Morgan fingerprint density at radius 1 is 0.780 bits per heavy atom. The largest absolute Gasteiger partial charge is 0.444 e. The van der Waals surface area contributed by atoms with Crippen LogP contribution >= 0.6 is 0 Å². The first-order chi connectivity index (χ1) is 28.5. The van der Waals surface area contributed by atoms with E-state index >= 15 is 0 Å². The fourth-order valence-electron chi connectivity index (χ4n) is 7.93. The highest BCUT2D eigenvalue weighted by Crippen LogP contribution is 2.29. The zero-order valence-electron chi connectivity index (χ0n) is 34.0. The third-order valence-corrected chi connectivity index (χ3v) is 10.8. The molecule has 0 aliphatic carbocycles. The highest BCUT2D eigenvalue weighted by molar-refractivity contribution is 6.03. The van der Waals surface area contributed by atoms with Gasteiger partial charge in [-0.05, 0) is 80.6 Å². The Balaban J connectivity index is 0.980. The van der Waals surface area contributed by atoms with Crippen molar-refractivity contribution in [3.05, 3.63) is 126 Å². The van der Waals surface area contributed by atoms with Crippen molar-refractivity contribution in [2.24, 2.45) is 4.99 Å². The Morgan fingerprint density at radius 3 is 2.00 bits per heavy atom. The molecule has 4 aromatic carbocycles. The number of likely N-dealkylation sites (N-methyl/N-ethyl adjacent to an activating group) is 1. The van der Waals surface area contributed by atoms with Crippen molar-refractivity contribution < 1.29 is 28.7 Å². The number of hydrogen-bond donors (Lipinski definition) is 4. The summed E-state index contributed by atoms with van der Waals surface area (Å²) in [5.74, 6) is -0.758. The molecule has 4 amide bonds. The summed E-state index contributed by atoms with van der Waals surface area (Å²) in [5.41, 5.74) is 5.28. The van der Waals surface area contributed by atoms with E-state index in [-0.39, 0.29) is 37.9 Å². The summed E-state index contributed by atoms with van der Waals surface area (Å²) in [7, 11) is 1.82. The number of carbonyl (C=O) groups is 4. The lowest BCUT2D eigenvalue weighted by atomic mass is 10.0. The quantitative estimate of drug-likeness (QED) is 0.156. The number of alkyl carbamates (subject to hydrolysis) is 1. The van der Waals surface area contributed by atoms with E-state index in [2.05, 4.69) is 45.5 Å². The Kier molecular flexibility index (Phi) is 12.8. The van der Waals surface area contributed by atoms with Gasteiger partial charge in [0, 0.05) is 25.3 Å². The maximum atomic E-state index is 14.1. The summed E-state index contributed by atoms with van der Waals surface area (Å²) in [4.78, 5) is 62.8. The van der Waals surface area contributed by atoms with Gasteiger partial charge in [0.25, 0.3) is 5.91 Å². The number of rotatable bonds is 11. The van der Waals surface area contributed by atoms with Gasteiger partial charge in [0.05, 0.1) is 25.0 Å². The molecule has 4 N–H and O–H groups in total. The van der Waals surface area contributed by atoms with E-state index in [1.165, 1.54) is 4.90 Å². The molecule has 2 fully saturated rings. The predicted octanol–water partition coefficient (Wildman–Crippen LogP) is 5.46. The van der Waals surface area contributed by atoms with E-state index < -0.39 is 41.6 Å². The first kappa shape index (κ1) is 41.3. The number of likely N-dealkylation sites (tertiary alicyclic amines) is 1. The van der Waals surface area contributed by atoms with Gasteiger partial charge in [0.1, 0.15) is 29.9 Å². The molecule has 0 saturated carbocycles. The molecule has 7 rings (SSSR count). The van der Waals surface area contributed by atoms with Crippen molar-refractivity contribution in [3.63, 3.8) is 0 Å². The lowest BCUT2D eigenvalue weighted by molar-refractivity contribution is -0.148. The fraction of sp³-hybridized carbons (Fsp3) is 0.370. The molecule has 2 saturated heterocycles. The summed E-state index contributed by atoms with van der Waals surface area (Å²) in [6, 6.07) is 32.1. The standard InChI is InChI=1S/C46H53N7O6/c1-46(2,3)59-45(57)51-40(34-14-9-6-10-15-34)44(56)53-26-27-58-29-38(53)42(54)49-35-23-21-31(22-24-35)30-17-19-32(20-18-30)36-28-48-41(50-36)37-16-11-25-52(37)43(55)39(47-4)33-12-7-5-8-13-33/h5-10,12-15,17-24,37-41,47-48H,11,16,25-29H2,1-4H3,(H,49,54)(H,51,57). The van der Waals surface area contributed by atoms with Crippen LogP contribution in [0.15, 0.2) is 114 Å². The summed E-state index contributed by atoms with van der Waals surface area (Å²) >= 11 is 0. The SMILES string of the molecule is CNC(C(=O)N1CCCC1C1N=C(c2ccc(-c3ccc(NC(=O)C4COCCN4C(=O)C(NC(=O)OC(C)(C)C)c4ccccc4)cc3)cc2)CN1)c1ccccc1. The molecule has 4 aromatic rings. The second kappa shape index (κ2) is 18.4. The smallest absolute Gasteiger partial charge is 0.408 e. The average Bonchev–Trinajstić information content (AvgIpc) is 3.94. The number of amides is 4. The molecule has 0 aromatic heterocycles. The molecule has 5 unspecified atom stereocenters. The number of nitrogens with zero attached hydrogens (tertiary/aromatic N) is 3. The van der Waals surface area contributed by atoms with Crippen LogP contribution in [0.1, 0.15) is 62.4 Å². The number of anilines is 1. The number of morpholine rings is 1. The monoisotopic (exact) mass is 799 g/mol. The van der Waals surface area contributed by atoms with E-state index in [0.29, 0.717) is 24.3 Å². The zero-order chi connectivity index (χ0) is 41.5. The van der Waals surface area contributed by atoms with Crippen LogP contribution in [0.2, 0.25) is 0 Å². The molecule has 13 nitrogen and oxygen atoms in total. The number of nitrogens with one attached hydrogen (secondary N) is 4. The fourth-order valence-corrected chi connectivity index (χ4v) is 7.93. The van der Waals surface area contributed by atoms with Crippen molar-refractivity contribution in [3.8, 4) is 11.1 Å². The lowest BCUT2D eigenvalue weighted by Gasteiger charge is -2.37. The molecule has 5 atom stereocenters. The number of benzene rings is 4. The number of aliphatic imine (C=N–C) groups is 1. The van der Waals surface area contributed by atoms with Crippen LogP contribution in [0, 0.1) is 0 Å². The molecular formula is C46H53N7O6. The maximum Gasteiger partial charge on any atom is 0.408 e. The first-order valence-corrected chi connectivity index (χ1v) is 20.3. The maximum absolute atomic E-state index is 14.1. The van der Waals surface area contributed by atoms with Gasteiger partial charge in [0.15, 0.2) is 0 Å². The Morgan fingerprint density at radius 2 is 1.37 bits per heavy atom. The molecule has 308 valence electrons. The second-order valence-electron chi connectivity index (χ2n) is 16.0. The molecule has 3 aliphatic rings. The van der Waals surface area contributed by atoms with E-state index in [0.717, 1.165) is 40.8 Å². The van der Waals surface area contributed by atoms with Crippen LogP contribution in [-0.2, 0) is 23.9 Å². The van der Waals surface area contributed by atoms with Crippen LogP contribution in [0.25, 0.3) is 11.1 Å².